The first-order valence-corrected chi connectivity index (χ1v) is 6.71. The molecule has 0 bridgehead atoms. The van der Waals surface area contributed by atoms with Crippen molar-refractivity contribution < 1.29 is 14.3 Å². The molecule has 1 aromatic rings. The van der Waals surface area contributed by atoms with E-state index in [2.05, 4.69) is 10.6 Å². The molecule has 0 saturated carbocycles. The van der Waals surface area contributed by atoms with Gasteiger partial charge in [-0.1, -0.05) is 18.5 Å². The van der Waals surface area contributed by atoms with Crippen molar-refractivity contribution in [3.8, 4) is 11.5 Å². The minimum absolute atomic E-state index is 0.168. The van der Waals surface area contributed by atoms with Gasteiger partial charge in [0.1, 0.15) is 11.5 Å². The zero-order chi connectivity index (χ0) is 15.3. The van der Waals surface area contributed by atoms with Gasteiger partial charge in [-0.3, -0.25) is 4.79 Å². The number of hydrogen-bond donors (Lipinski definition) is 2. The van der Waals surface area contributed by atoms with Crippen LogP contribution >= 0.6 is 11.6 Å². The highest BCUT2D eigenvalue weighted by molar-refractivity contribution is 6.32. The molecule has 0 aromatic heterocycles. The molecule has 1 amide bonds. The fourth-order valence-electron chi connectivity index (χ4n) is 1.76. The summed E-state index contributed by atoms with van der Waals surface area (Å²) in [5.74, 6) is 0.818. The molecule has 0 aliphatic heterocycles. The molecule has 0 aliphatic carbocycles. The van der Waals surface area contributed by atoms with E-state index in [-0.39, 0.29) is 5.91 Å². The van der Waals surface area contributed by atoms with E-state index in [0.717, 1.165) is 0 Å². The number of methoxy groups -OCH3 is 2. The summed E-state index contributed by atoms with van der Waals surface area (Å²) in [4.78, 5) is 12.3. The first-order chi connectivity index (χ1) is 9.35. The number of carbonyl (C=O) groups is 1. The normalized spacial score (nSPS) is 11.1. The largest absolute Gasteiger partial charge is 0.495 e. The summed E-state index contributed by atoms with van der Waals surface area (Å²) in [6.07, 6.45) is 0. The SMILES string of the molecule is CCNC(C)(C)C(=O)Nc1cc(Cl)c(OC)cc1OC. The molecule has 0 unspecified atom stereocenters. The Morgan fingerprint density at radius 1 is 1.25 bits per heavy atom. The molecule has 2 N–H and O–H groups in total. The Bertz CT molecular complexity index is 490. The van der Waals surface area contributed by atoms with Crippen LogP contribution < -0.4 is 20.1 Å². The summed E-state index contributed by atoms with van der Waals surface area (Å²) in [5, 5.41) is 6.33. The highest BCUT2D eigenvalue weighted by Crippen LogP contribution is 2.36. The van der Waals surface area contributed by atoms with Gasteiger partial charge < -0.3 is 20.1 Å². The monoisotopic (exact) mass is 300 g/mol. The third kappa shape index (κ3) is 3.77. The van der Waals surface area contributed by atoms with Crippen LogP contribution in [-0.2, 0) is 4.79 Å². The Hall–Kier alpha value is -1.46. The molecular weight excluding hydrogens is 280 g/mol. The zero-order valence-electron chi connectivity index (χ0n) is 12.5. The number of benzene rings is 1. The second-order valence-corrected chi connectivity index (χ2v) is 5.20. The topological polar surface area (TPSA) is 59.6 Å². The third-order valence-corrected chi connectivity index (χ3v) is 3.20. The van der Waals surface area contributed by atoms with Crippen LogP contribution in [0.2, 0.25) is 5.02 Å². The molecule has 0 atom stereocenters. The lowest BCUT2D eigenvalue weighted by Crippen LogP contribution is -2.49. The Kier molecular flexibility index (Phi) is 5.65. The van der Waals surface area contributed by atoms with E-state index in [4.69, 9.17) is 21.1 Å². The van der Waals surface area contributed by atoms with E-state index in [1.807, 2.05) is 20.8 Å². The van der Waals surface area contributed by atoms with Crippen molar-refractivity contribution in [3.63, 3.8) is 0 Å². The third-order valence-electron chi connectivity index (χ3n) is 2.91. The Morgan fingerprint density at radius 2 is 1.85 bits per heavy atom. The summed E-state index contributed by atoms with van der Waals surface area (Å²) in [6, 6.07) is 3.25. The quantitative estimate of drug-likeness (QED) is 0.848. The number of ether oxygens (including phenoxy) is 2. The number of likely N-dealkylation sites (N-methyl/N-ethyl adjacent to an activating group) is 1. The Balaban J connectivity index is 3.03. The highest BCUT2D eigenvalue weighted by atomic mass is 35.5. The minimum Gasteiger partial charge on any atom is -0.495 e. The summed E-state index contributed by atoms with van der Waals surface area (Å²) in [5.41, 5.74) is -0.180. The van der Waals surface area contributed by atoms with Crippen LogP contribution in [0.1, 0.15) is 20.8 Å². The average Bonchev–Trinajstić information content (AvgIpc) is 2.39. The van der Waals surface area contributed by atoms with Crippen molar-refractivity contribution in [2.24, 2.45) is 0 Å². The number of nitrogens with one attached hydrogen (secondary N) is 2. The molecule has 1 rings (SSSR count). The molecular formula is C14H21ClN2O3. The van der Waals surface area contributed by atoms with Gasteiger partial charge in [0, 0.05) is 6.07 Å². The fraction of sp³-hybridized carbons (Fsp3) is 0.500. The molecule has 0 radical (unpaired) electrons. The van der Waals surface area contributed by atoms with E-state index in [9.17, 15) is 4.79 Å². The maximum atomic E-state index is 12.3. The van der Waals surface area contributed by atoms with Crippen molar-refractivity contribution >= 4 is 23.2 Å². The molecule has 0 spiro atoms. The zero-order valence-corrected chi connectivity index (χ0v) is 13.2. The van der Waals surface area contributed by atoms with E-state index in [0.29, 0.717) is 28.8 Å². The lowest BCUT2D eigenvalue weighted by Gasteiger charge is -2.25. The number of amides is 1. The fourth-order valence-corrected chi connectivity index (χ4v) is 2.00. The average molecular weight is 301 g/mol. The number of hydrogen-bond acceptors (Lipinski definition) is 4. The summed E-state index contributed by atoms with van der Waals surface area (Å²) >= 11 is 6.07. The highest BCUT2D eigenvalue weighted by Gasteiger charge is 2.27. The molecule has 6 heteroatoms. The first kappa shape index (κ1) is 16.6. The number of halogens is 1. The Morgan fingerprint density at radius 3 is 2.35 bits per heavy atom. The van der Waals surface area contributed by atoms with Gasteiger partial charge in [-0.15, -0.1) is 0 Å². The van der Waals surface area contributed by atoms with Crippen molar-refractivity contribution in [2.45, 2.75) is 26.3 Å². The van der Waals surface area contributed by atoms with E-state index in [1.165, 1.54) is 14.2 Å². The molecule has 5 nitrogen and oxygen atoms in total. The number of anilines is 1. The molecule has 0 aliphatic rings. The maximum Gasteiger partial charge on any atom is 0.244 e. The van der Waals surface area contributed by atoms with Gasteiger partial charge in [-0.05, 0) is 26.5 Å². The van der Waals surface area contributed by atoms with Gasteiger partial charge in [0.25, 0.3) is 0 Å². The van der Waals surface area contributed by atoms with E-state index in [1.54, 1.807) is 12.1 Å². The number of rotatable bonds is 6. The molecule has 0 heterocycles. The van der Waals surface area contributed by atoms with Crippen LogP contribution in [-0.4, -0.2) is 32.2 Å². The molecule has 20 heavy (non-hydrogen) atoms. The van der Waals surface area contributed by atoms with Crippen molar-refractivity contribution in [1.82, 2.24) is 5.32 Å². The van der Waals surface area contributed by atoms with Crippen molar-refractivity contribution in [1.29, 1.82) is 0 Å². The van der Waals surface area contributed by atoms with Crippen molar-refractivity contribution in [3.05, 3.63) is 17.2 Å². The van der Waals surface area contributed by atoms with Gasteiger partial charge in [-0.2, -0.15) is 0 Å². The van der Waals surface area contributed by atoms with E-state index < -0.39 is 5.54 Å². The second kappa shape index (κ2) is 6.81. The predicted molar refractivity (Wildman–Crippen MR) is 80.9 cm³/mol. The van der Waals surface area contributed by atoms with Gasteiger partial charge >= 0.3 is 0 Å². The van der Waals surface area contributed by atoms with Crippen LogP contribution in [0, 0.1) is 0 Å². The Labute approximate surface area is 124 Å². The van der Waals surface area contributed by atoms with Crippen LogP contribution in [0.15, 0.2) is 12.1 Å². The van der Waals surface area contributed by atoms with Gasteiger partial charge in [-0.25, -0.2) is 0 Å². The van der Waals surface area contributed by atoms with Gasteiger partial charge in [0.05, 0.1) is 30.5 Å². The molecule has 1 aromatic carbocycles. The minimum atomic E-state index is -0.688. The summed E-state index contributed by atoms with van der Waals surface area (Å²) in [7, 11) is 3.04. The molecule has 0 saturated heterocycles. The van der Waals surface area contributed by atoms with Crippen LogP contribution in [0.3, 0.4) is 0 Å². The van der Waals surface area contributed by atoms with Crippen LogP contribution in [0.4, 0.5) is 5.69 Å². The number of carbonyl (C=O) groups excluding carboxylic acids is 1. The standard InChI is InChI=1S/C14H21ClN2O3/c1-6-16-14(2,3)13(18)17-10-7-9(15)11(19-4)8-12(10)20-5/h7-8,16H,6H2,1-5H3,(H,17,18). The lowest BCUT2D eigenvalue weighted by molar-refractivity contribution is -0.121. The van der Waals surface area contributed by atoms with E-state index >= 15 is 0 Å². The molecule has 0 fully saturated rings. The van der Waals surface area contributed by atoms with Gasteiger partial charge in [0.15, 0.2) is 0 Å². The van der Waals surface area contributed by atoms with Crippen molar-refractivity contribution in [2.75, 3.05) is 26.1 Å². The van der Waals surface area contributed by atoms with Crippen LogP contribution in [0.5, 0.6) is 11.5 Å². The first-order valence-electron chi connectivity index (χ1n) is 6.33. The summed E-state index contributed by atoms with van der Waals surface area (Å²) < 4.78 is 10.4. The summed E-state index contributed by atoms with van der Waals surface area (Å²) in [6.45, 7) is 6.26. The maximum absolute atomic E-state index is 12.3. The second-order valence-electron chi connectivity index (χ2n) is 4.80. The van der Waals surface area contributed by atoms with Crippen LogP contribution in [0.25, 0.3) is 0 Å². The lowest BCUT2D eigenvalue weighted by atomic mass is 10.0. The smallest absolute Gasteiger partial charge is 0.244 e. The predicted octanol–water partition coefficient (Wildman–Crippen LogP) is 2.68. The molecule has 112 valence electrons. The van der Waals surface area contributed by atoms with Gasteiger partial charge in [0.2, 0.25) is 5.91 Å².